The highest BCUT2D eigenvalue weighted by Crippen LogP contribution is 2.15. The largest absolute Gasteiger partial charge is 0.294 e. The van der Waals surface area contributed by atoms with Gasteiger partial charge < -0.3 is 0 Å². The molecule has 0 amide bonds. The summed E-state index contributed by atoms with van der Waals surface area (Å²) in [7, 11) is 0. The molecule has 0 fully saturated rings. The Bertz CT molecular complexity index is 833. The van der Waals surface area contributed by atoms with Crippen LogP contribution in [0.25, 0.3) is 11.0 Å². The lowest BCUT2D eigenvalue weighted by Gasteiger charge is -2.03. The Labute approximate surface area is 119 Å². The van der Waals surface area contributed by atoms with Crippen molar-refractivity contribution in [2.24, 2.45) is 0 Å². The van der Waals surface area contributed by atoms with Crippen LogP contribution in [0.5, 0.6) is 0 Å². The fraction of sp³-hybridized carbons (Fsp3) is 0.0625. The number of carbonyl (C=O) groups is 1. The van der Waals surface area contributed by atoms with Gasteiger partial charge in [-0.25, -0.2) is 8.78 Å². The first kappa shape index (κ1) is 13.3. The number of rotatable bonds is 3. The van der Waals surface area contributed by atoms with E-state index >= 15 is 0 Å². The van der Waals surface area contributed by atoms with Crippen molar-refractivity contribution in [2.75, 3.05) is 0 Å². The molecular weight excluding hydrogens is 274 g/mol. The maximum atomic E-state index is 13.1. The van der Waals surface area contributed by atoms with Gasteiger partial charge in [0.25, 0.3) is 0 Å². The van der Waals surface area contributed by atoms with Gasteiger partial charge >= 0.3 is 0 Å². The second-order valence-electron chi connectivity index (χ2n) is 4.61. The van der Waals surface area contributed by atoms with Gasteiger partial charge in [0, 0.05) is 24.4 Å². The Morgan fingerprint density at radius 2 is 1.67 bits per heavy atom. The van der Waals surface area contributed by atoms with E-state index in [2.05, 4.69) is 9.97 Å². The van der Waals surface area contributed by atoms with Crippen molar-refractivity contribution in [3.8, 4) is 0 Å². The van der Waals surface area contributed by atoms with E-state index in [0.717, 1.165) is 12.1 Å². The van der Waals surface area contributed by atoms with Crippen LogP contribution in [0.4, 0.5) is 8.78 Å². The summed E-state index contributed by atoms with van der Waals surface area (Å²) in [4.78, 5) is 20.4. The highest BCUT2D eigenvalue weighted by molar-refractivity contribution is 5.99. The van der Waals surface area contributed by atoms with Gasteiger partial charge in [0.15, 0.2) is 17.4 Å². The Morgan fingerprint density at radius 3 is 2.43 bits per heavy atom. The van der Waals surface area contributed by atoms with Gasteiger partial charge in [-0.2, -0.15) is 0 Å². The quantitative estimate of drug-likeness (QED) is 0.693. The van der Waals surface area contributed by atoms with Crippen molar-refractivity contribution >= 4 is 16.8 Å². The standard InChI is InChI=1S/C16H10F2N2O/c17-12-3-1-10(7-13(12)18)8-16(21)11-2-4-14-15(9-11)20-6-5-19-14/h1-7,9H,8H2. The molecule has 0 saturated heterocycles. The molecule has 1 aromatic heterocycles. The van der Waals surface area contributed by atoms with E-state index in [-0.39, 0.29) is 12.2 Å². The number of carbonyl (C=O) groups excluding carboxylic acids is 1. The summed E-state index contributed by atoms with van der Waals surface area (Å²) < 4.78 is 26.0. The number of nitrogens with zero attached hydrogens (tertiary/aromatic N) is 2. The summed E-state index contributed by atoms with van der Waals surface area (Å²) in [5.41, 5.74) is 2.21. The van der Waals surface area contributed by atoms with Gasteiger partial charge in [0.05, 0.1) is 11.0 Å². The predicted octanol–water partition coefficient (Wildman–Crippen LogP) is 3.33. The van der Waals surface area contributed by atoms with Crippen molar-refractivity contribution in [2.45, 2.75) is 6.42 Å². The molecule has 0 aliphatic rings. The van der Waals surface area contributed by atoms with E-state index in [1.807, 2.05) is 0 Å². The van der Waals surface area contributed by atoms with E-state index in [4.69, 9.17) is 0 Å². The summed E-state index contributed by atoms with van der Waals surface area (Å²) in [6.45, 7) is 0. The van der Waals surface area contributed by atoms with Crippen LogP contribution in [-0.2, 0) is 6.42 Å². The third-order valence-electron chi connectivity index (χ3n) is 3.14. The molecule has 0 unspecified atom stereocenters. The Kier molecular flexibility index (Phi) is 3.39. The summed E-state index contributed by atoms with van der Waals surface area (Å²) in [5, 5.41) is 0. The number of aromatic nitrogens is 2. The van der Waals surface area contributed by atoms with Crippen LogP contribution in [0.1, 0.15) is 15.9 Å². The molecule has 0 bridgehead atoms. The second kappa shape index (κ2) is 5.36. The molecule has 21 heavy (non-hydrogen) atoms. The second-order valence-corrected chi connectivity index (χ2v) is 4.61. The van der Waals surface area contributed by atoms with E-state index in [1.165, 1.54) is 6.07 Å². The third-order valence-corrected chi connectivity index (χ3v) is 3.14. The fourth-order valence-electron chi connectivity index (χ4n) is 2.07. The molecule has 3 nitrogen and oxygen atoms in total. The van der Waals surface area contributed by atoms with E-state index in [1.54, 1.807) is 30.6 Å². The highest BCUT2D eigenvalue weighted by atomic mass is 19.2. The molecule has 1 heterocycles. The smallest absolute Gasteiger partial charge is 0.167 e. The average molecular weight is 284 g/mol. The summed E-state index contributed by atoms with van der Waals surface area (Å²) in [5.74, 6) is -2.06. The highest BCUT2D eigenvalue weighted by Gasteiger charge is 2.10. The van der Waals surface area contributed by atoms with Crippen LogP contribution in [0, 0.1) is 11.6 Å². The number of halogens is 2. The minimum atomic E-state index is -0.954. The molecule has 104 valence electrons. The number of Topliss-reactive ketones (excluding diaryl/α,β-unsaturated/α-hetero) is 1. The number of benzene rings is 2. The van der Waals surface area contributed by atoms with Gasteiger partial charge in [0.1, 0.15) is 0 Å². The number of fused-ring (bicyclic) bond motifs is 1. The SMILES string of the molecule is O=C(Cc1ccc(F)c(F)c1)c1ccc2nccnc2c1. The normalized spacial score (nSPS) is 10.8. The Hall–Kier alpha value is -2.69. The first-order valence-electron chi connectivity index (χ1n) is 6.31. The van der Waals surface area contributed by atoms with E-state index in [9.17, 15) is 13.6 Å². The van der Waals surface area contributed by atoms with E-state index in [0.29, 0.717) is 22.2 Å². The van der Waals surface area contributed by atoms with Crippen LogP contribution in [0.2, 0.25) is 0 Å². The molecule has 3 aromatic rings. The van der Waals surface area contributed by atoms with Crippen LogP contribution in [0.15, 0.2) is 48.8 Å². The van der Waals surface area contributed by atoms with E-state index < -0.39 is 11.6 Å². The van der Waals surface area contributed by atoms with Crippen molar-refractivity contribution in [1.82, 2.24) is 9.97 Å². The minimum Gasteiger partial charge on any atom is -0.294 e. The molecule has 2 aromatic carbocycles. The molecule has 0 spiro atoms. The van der Waals surface area contributed by atoms with Crippen LogP contribution in [0.3, 0.4) is 0 Å². The number of hydrogen-bond acceptors (Lipinski definition) is 3. The molecule has 0 aliphatic carbocycles. The van der Waals surface area contributed by atoms with Gasteiger partial charge in [-0.15, -0.1) is 0 Å². The maximum Gasteiger partial charge on any atom is 0.167 e. The van der Waals surface area contributed by atoms with Crippen LogP contribution < -0.4 is 0 Å². The number of hydrogen-bond donors (Lipinski definition) is 0. The minimum absolute atomic E-state index is 0.00295. The average Bonchev–Trinajstić information content (AvgIpc) is 2.50. The lowest BCUT2D eigenvalue weighted by Crippen LogP contribution is -2.04. The monoisotopic (exact) mass is 284 g/mol. The fourth-order valence-corrected chi connectivity index (χ4v) is 2.07. The lowest BCUT2D eigenvalue weighted by atomic mass is 10.0. The molecule has 0 atom stereocenters. The number of ketones is 1. The molecule has 5 heteroatoms. The van der Waals surface area contributed by atoms with Gasteiger partial charge in [-0.3, -0.25) is 14.8 Å². The Balaban J connectivity index is 1.87. The zero-order valence-corrected chi connectivity index (χ0v) is 10.9. The maximum absolute atomic E-state index is 13.1. The molecule has 0 saturated carbocycles. The summed E-state index contributed by atoms with van der Waals surface area (Å²) in [6, 6.07) is 8.46. The van der Waals surface area contributed by atoms with Crippen molar-refractivity contribution in [3.05, 3.63) is 71.6 Å². The molecule has 3 rings (SSSR count). The van der Waals surface area contributed by atoms with Gasteiger partial charge in [-0.05, 0) is 35.9 Å². The predicted molar refractivity (Wildman–Crippen MR) is 73.9 cm³/mol. The molecular formula is C16H10F2N2O. The zero-order valence-electron chi connectivity index (χ0n) is 10.9. The third kappa shape index (κ3) is 2.76. The summed E-state index contributed by atoms with van der Waals surface area (Å²) >= 11 is 0. The van der Waals surface area contributed by atoms with Crippen molar-refractivity contribution in [1.29, 1.82) is 0 Å². The van der Waals surface area contributed by atoms with Crippen LogP contribution in [-0.4, -0.2) is 15.8 Å². The molecule has 0 aliphatic heterocycles. The lowest BCUT2D eigenvalue weighted by molar-refractivity contribution is 0.0993. The molecule has 0 radical (unpaired) electrons. The van der Waals surface area contributed by atoms with Crippen molar-refractivity contribution < 1.29 is 13.6 Å². The molecule has 0 N–H and O–H groups in total. The van der Waals surface area contributed by atoms with Gasteiger partial charge in [0.2, 0.25) is 0 Å². The zero-order chi connectivity index (χ0) is 14.8. The van der Waals surface area contributed by atoms with Gasteiger partial charge in [-0.1, -0.05) is 6.07 Å². The van der Waals surface area contributed by atoms with Crippen molar-refractivity contribution in [3.63, 3.8) is 0 Å². The first-order chi connectivity index (χ1) is 10.1. The topological polar surface area (TPSA) is 42.9 Å². The summed E-state index contributed by atoms with van der Waals surface area (Å²) in [6.07, 6.45) is 3.13. The Morgan fingerprint density at radius 1 is 0.905 bits per heavy atom. The van der Waals surface area contributed by atoms with Crippen LogP contribution >= 0.6 is 0 Å². The first-order valence-corrected chi connectivity index (χ1v) is 6.31.